The van der Waals surface area contributed by atoms with Gasteiger partial charge in [-0.3, -0.25) is 0 Å². The van der Waals surface area contributed by atoms with Crippen molar-refractivity contribution in [1.29, 1.82) is 0 Å². The largest absolute Gasteiger partial charge is 0.547 e. The molecule has 2 aliphatic rings. The number of rotatable bonds is 3. The van der Waals surface area contributed by atoms with Crippen LogP contribution in [0.4, 0.5) is 0 Å². The smallest absolute Gasteiger partial charge is 0.250 e. The summed E-state index contributed by atoms with van der Waals surface area (Å²) in [6.45, 7) is 14.1. The topological polar surface area (TPSA) is 18.5 Å². The molecule has 0 aromatic carbocycles. The average molecular weight is 325 g/mol. The first kappa shape index (κ1) is 18.1. The second kappa shape index (κ2) is 6.31. The molecule has 0 heterocycles. The first-order valence-electron chi connectivity index (χ1n) is 9.01. The summed E-state index contributed by atoms with van der Waals surface area (Å²) in [6.07, 6.45) is 10.2. The van der Waals surface area contributed by atoms with Gasteiger partial charge in [0, 0.05) is 18.9 Å². The summed E-state index contributed by atoms with van der Waals surface area (Å²) in [6, 6.07) is 0. The van der Waals surface area contributed by atoms with Crippen molar-refractivity contribution in [2.45, 2.75) is 90.5 Å². The normalized spacial score (nSPS) is 33.7. The van der Waals surface area contributed by atoms with Crippen molar-refractivity contribution in [1.82, 2.24) is 0 Å². The molecule has 0 aliphatic heterocycles. The zero-order valence-electron chi connectivity index (χ0n) is 15.8. The fraction of sp³-hybridized carbons (Fsp3) is 0.895. The maximum absolute atomic E-state index is 6.61. The van der Waals surface area contributed by atoms with E-state index >= 15 is 0 Å². The Labute approximate surface area is 138 Å². The van der Waals surface area contributed by atoms with E-state index in [9.17, 15) is 0 Å². The summed E-state index contributed by atoms with van der Waals surface area (Å²) in [5.41, 5.74) is 0.297. The van der Waals surface area contributed by atoms with E-state index in [0.29, 0.717) is 17.4 Å². The Bertz CT molecular complexity index is 422. The van der Waals surface area contributed by atoms with Gasteiger partial charge in [0.2, 0.25) is 8.32 Å². The van der Waals surface area contributed by atoms with Crippen LogP contribution in [0.15, 0.2) is 11.8 Å². The van der Waals surface area contributed by atoms with E-state index in [1.54, 1.807) is 0 Å². The monoisotopic (exact) mass is 324 g/mol. The number of hydrogen-bond donors (Lipinski definition) is 0. The van der Waals surface area contributed by atoms with Crippen LogP contribution in [0.1, 0.15) is 66.2 Å². The highest BCUT2D eigenvalue weighted by molar-refractivity contribution is 6.74. The van der Waals surface area contributed by atoms with Crippen molar-refractivity contribution in [3.8, 4) is 0 Å². The molecule has 2 rings (SSSR count). The molecule has 0 amide bonds. The molecule has 0 bridgehead atoms. The fourth-order valence-corrected chi connectivity index (χ4v) is 5.02. The van der Waals surface area contributed by atoms with E-state index in [1.165, 1.54) is 31.4 Å². The van der Waals surface area contributed by atoms with Gasteiger partial charge in [-0.2, -0.15) is 0 Å². The number of ether oxygens (including phenoxy) is 1. The molecule has 1 fully saturated rings. The van der Waals surface area contributed by atoms with Crippen LogP contribution in [-0.4, -0.2) is 21.5 Å². The highest BCUT2D eigenvalue weighted by atomic mass is 28.4. The van der Waals surface area contributed by atoms with Crippen molar-refractivity contribution >= 4 is 8.32 Å². The van der Waals surface area contributed by atoms with Crippen LogP contribution < -0.4 is 0 Å². The fourth-order valence-electron chi connectivity index (χ4n) is 3.89. The Hall–Kier alpha value is -0.283. The minimum Gasteiger partial charge on any atom is -0.547 e. The van der Waals surface area contributed by atoms with Gasteiger partial charge in [0.15, 0.2) is 0 Å². The molecule has 0 N–H and O–H groups in total. The summed E-state index contributed by atoms with van der Waals surface area (Å²) in [4.78, 5) is 0. The zero-order valence-corrected chi connectivity index (χ0v) is 16.8. The van der Waals surface area contributed by atoms with Crippen LogP contribution in [-0.2, 0) is 9.16 Å². The Kier molecular flexibility index (Phi) is 5.18. The molecular formula is C19H36O2Si. The first-order valence-corrected chi connectivity index (χ1v) is 11.9. The summed E-state index contributed by atoms with van der Waals surface area (Å²) < 4.78 is 12.5. The molecule has 22 heavy (non-hydrogen) atoms. The number of fused-ring (bicyclic) bond motifs is 1. The molecule has 2 aliphatic carbocycles. The first-order chi connectivity index (χ1) is 10.1. The molecule has 2 nitrogen and oxygen atoms in total. The van der Waals surface area contributed by atoms with Gasteiger partial charge in [0.05, 0.1) is 11.9 Å². The molecule has 0 radical (unpaired) electrons. The minimum atomic E-state index is -1.71. The second-order valence-electron chi connectivity index (χ2n) is 9.15. The third-order valence-electron chi connectivity index (χ3n) is 6.63. The van der Waals surface area contributed by atoms with E-state index in [2.05, 4.69) is 46.9 Å². The number of methoxy groups -OCH3 is 1. The molecule has 0 spiro atoms. The van der Waals surface area contributed by atoms with Crippen LogP contribution in [0.2, 0.25) is 18.1 Å². The Morgan fingerprint density at radius 2 is 1.82 bits per heavy atom. The molecule has 1 saturated carbocycles. The molecule has 3 atom stereocenters. The van der Waals surface area contributed by atoms with Crippen LogP contribution in [0.3, 0.4) is 0 Å². The van der Waals surface area contributed by atoms with Crippen molar-refractivity contribution in [3.05, 3.63) is 11.8 Å². The quantitative estimate of drug-likeness (QED) is 0.602. The van der Waals surface area contributed by atoms with Crippen LogP contribution in [0.5, 0.6) is 0 Å². The molecule has 0 saturated heterocycles. The van der Waals surface area contributed by atoms with Crippen LogP contribution >= 0.6 is 0 Å². The third kappa shape index (κ3) is 3.45. The van der Waals surface area contributed by atoms with Gasteiger partial charge >= 0.3 is 0 Å². The number of allylic oxidation sites excluding steroid dienone is 2. The van der Waals surface area contributed by atoms with Crippen molar-refractivity contribution in [2.24, 2.45) is 11.3 Å². The SMILES string of the molecule is CO[C@H]1CCCC[C@@H]2CC(O[Si](C)(C)C(C)(C)C)=CC[C@@]21C. The lowest BCUT2D eigenvalue weighted by atomic mass is 9.65. The summed E-state index contributed by atoms with van der Waals surface area (Å²) in [5, 5.41) is 0.271. The summed E-state index contributed by atoms with van der Waals surface area (Å²) in [7, 11) is 0.182. The maximum atomic E-state index is 6.61. The molecule has 0 aromatic heterocycles. The third-order valence-corrected chi connectivity index (χ3v) is 11.0. The zero-order chi connectivity index (χ0) is 16.6. The predicted molar refractivity (Wildman–Crippen MR) is 96.5 cm³/mol. The van der Waals surface area contributed by atoms with Crippen molar-refractivity contribution in [2.75, 3.05) is 7.11 Å². The van der Waals surface area contributed by atoms with Crippen molar-refractivity contribution < 1.29 is 9.16 Å². The highest BCUT2D eigenvalue weighted by Crippen LogP contribution is 2.50. The van der Waals surface area contributed by atoms with Gasteiger partial charge in [0.1, 0.15) is 0 Å². The minimum absolute atomic E-state index is 0.271. The van der Waals surface area contributed by atoms with Crippen LogP contribution in [0.25, 0.3) is 0 Å². The standard InChI is InChI=1S/C19H36O2Si/c1-18(2,3)22(6,7)21-16-12-13-19(4)15(14-16)10-8-9-11-17(19)20-5/h12,15,17H,8-11,13-14H2,1-7H3/t15-,17+,19+/m1/s1. The van der Waals surface area contributed by atoms with E-state index in [1.807, 2.05) is 7.11 Å². The van der Waals surface area contributed by atoms with Gasteiger partial charge in [-0.05, 0) is 49.4 Å². The predicted octanol–water partition coefficient (Wildman–Crippen LogP) is 5.90. The Morgan fingerprint density at radius 3 is 2.41 bits per heavy atom. The lowest BCUT2D eigenvalue weighted by Gasteiger charge is -2.46. The van der Waals surface area contributed by atoms with Crippen LogP contribution in [0, 0.1) is 11.3 Å². The molecule has 3 heteroatoms. The summed E-state index contributed by atoms with van der Waals surface area (Å²) in [5.74, 6) is 1.98. The number of hydrogen-bond acceptors (Lipinski definition) is 2. The van der Waals surface area contributed by atoms with Gasteiger partial charge < -0.3 is 9.16 Å². The second-order valence-corrected chi connectivity index (χ2v) is 13.9. The molecular weight excluding hydrogens is 288 g/mol. The molecule has 0 unspecified atom stereocenters. The molecule has 128 valence electrons. The Morgan fingerprint density at radius 1 is 1.18 bits per heavy atom. The lowest BCUT2D eigenvalue weighted by molar-refractivity contribution is -0.0415. The van der Waals surface area contributed by atoms with E-state index in [0.717, 1.165) is 12.8 Å². The van der Waals surface area contributed by atoms with Gasteiger partial charge in [0.25, 0.3) is 0 Å². The van der Waals surface area contributed by atoms with E-state index in [-0.39, 0.29) is 5.04 Å². The van der Waals surface area contributed by atoms with Crippen molar-refractivity contribution in [3.63, 3.8) is 0 Å². The van der Waals surface area contributed by atoms with E-state index < -0.39 is 8.32 Å². The average Bonchev–Trinajstić information content (AvgIpc) is 2.56. The molecule has 0 aromatic rings. The van der Waals surface area contributed by atoms with Gasteiger partial charge in [-0.1, -0.05) is 40.5 Å². The van der Waals surface area contributed by atoms with E-state index in [4.69, 9.17) is 9.16 Å². The van der Waals surface area contributed by atoms with Gasteiger partial charge in [-0.15, -0.1) is 0 Å². The summed E-state index contributed by atoms with van der Waals surface area (Å²) >= 11 is 0. The Balaban J connectivity index is 2.16. The maximum Gasteiger partial charge on any atom is 0.250 e. The highest BCUT2D eigenvalue weighted by Gasteiger charge is 2.46. The van der Waals surface area contributed by atoms with Gasteiger partial charge in [-0.25, -0.2) is 0 Å². The lowest BCUT2D eigenvalue weighted by Crippen LogP contribution is -2.44.